The van der Waals surface area contributed by atoms with Gasteiger partial charge >= 0.3 is 0 Å². The monoisotopic (exact) mass is 384 g/mol. The zero-order valence-corrected chi connectivity index (χ0v) is 15.1. The van der Waals surface area contributed by atoms with Gasteiger partial charge in [-0.15, -0.1) is 10.2 Å². The topological polar surface area (TPSA) is 92.3 Å². The first-order valence-corrected chi connectivity index (χ1v) is 10.0. The molecule has 0 spiro atoms. The second kappa shape index (κ2) is 7.14. The Bertz CT molecular complexity index is 876. The van der Waals surface area contributed by atoms with E-state index in [2.05, 4.69) is 22.4 Å². The molecule has 0 saturated carbocycles. The lowest BCUT2D eigenvalue weighted by molar-refractivity contribution is 0.102. The highest BCUT2D eigenvalue weighted by Gasteiger charge is 2.31. The summed E-state index contributed by atoms with van der Waals surface area (Å²) in [4.78, 5) is 12.1. The number of benzene rings is 1. The summed E-state index contributed by atoms with van der Waals surface area (Å²) < 4.78 is 39.6. The molecule has 1 N–H and O–H groups in total. The van der Waals surface area contributed by atoms with E-state index < -0.39 is 21.7 Å². The summed E-state index contributed by atoms with van der Waals surface area (Å²) in [6.07, 6.45) is 1.61. The zero-order valence-electron chi connectivity index (χ0n) is 13.5. The molecule has 2 aromatic rings. The molecule has 25 heavy (non-hydrogen) atoms. The number of sulfonamides is 1. The lowest BCUT2D eigenvalue weighted by Gasteiger charge is -2.28. The predicted molar refractivity (Wildman–Crippen MR) is 91.4 cm³/mol. The minimum Gasteiger partial charge on any atom is -0.296 e. The molecule has 1 saturated heterocycles. The average Bonchev–Trinajstić information content (AvgIpc) is 3.04. The number of amides is 1. The van der Waals surface area contributed by atoms with Crippen LogP contribution in [0.4, 0.5) is 9.52 Å². The molecule has 10 heteroatoms. The third-order valence-electron chi connectivity index (χ3n) is 4.02. The quantitative estimate of drug-likeness (QED) is 0.817. The number of carbonyl (C=O) groups excluding carboxylic acids is 1. The fraction of sp³-hybridized carbons (Fsp3) is 0.400. The number of nitrogens with one attached hydrogen (secondary N) is 1. The molecule has 1 aromatic heterocycles. The fourth-order valence-corrected chi connectivity index (χ4v) is 5.00. The van der Waals surface area contributed by atoms with Gasteiger partial charge in [0.15, 0.2) is 0 Å². The van der Waals surface area contributed by atoms with E-state index in [0.717, 1.165) is 30.2 Å². The second-order valence-corrected chi connectivity index (χ2v) is 9.01. The third-order valence-corrected chi connectivity index (χ3v) is 7.10. The van der Waals surface area contributed by atoms with Gasteiger partial charge in [0.05, 0.1) is 0 Å². The van der Waals surface area contributed by atoms with E-state index in [9.17, 15) is 17.6 Å². The van der Waals surface area contributed by atoms with Crippen LogP contribution >= 0.6 is 11.3 Å². The van der Waals surface area contributed by atoms with E-state index in [1.165, 1.54) is 22.5 Å². The van der Waals surface area contributed by atoms with Crippen molar-refractivity contribution in [1.29, 1.82) is 0 Å². The largest absolute Gasteiger partial charge is 0.296 e. The Morgan fingerprint density at radius 3 is 2.72 bits per heavy atom. The fourth-order valence-electron chi connectivity index (χ4n) is 2.50. The summed E-state index contributed by atoms with van der Waals surface area (Å²) in [5, 5.41) is 9.91. The summed E-state index contributed by atoms with van der Waals surface area (Å²) in [6, 6.07) is 5.18. The summed E-state index contributed by atoms with van der Waals surface area (Å²) >= 11 is 0.784. The van der Waals surface area contributed by atoms with Crippen LogP contribution in [-0.2, 0) is 10.0 Å². The van der Waals surface area contributed by atoms with Gasteiger partial charge in [0.25, 0.3) is 15.9 Å². The minimum absolute atomic E-state index is 0.0539. The van der Waals surface area contributed by atoms with Crippen molar-refractivity contribution in [1.82, 2.24) is 14.5 Å². The molecule has 1 aliphatic rings. The van der Waals surface area contributed by atoms with Gasteiger partial charge in [0.2, 0.25) is 9.47 Å². The number of halogens is 1. The van der Waals surface area contributed by atoms with Crippen molar-refractivity contribution < 1.29 is 17.6 Å². The lowest BCUT2D eigenvalue weighted by Crippen LogP contribution is -2.37. The molecular formula is C15H17FN4O3S2. The van der Waals surface area contributed by atoms with E-state index in [1.54, 1.807) is 0 Å². The van der Waals surface area contributed by atoms with Crippen LogP contribution in [0, 0.1) is 11.7 Å². The molecule has 134 valence electrons. The van der Waals surface area contributed by atoms with Crippen molar-refractivity contribution in [2.75, 3.05) is 18.4 Å². The van der Waals surface area contributed by atoms with Crippen molar-refractivity contribution in [2.24, 2.45) is 5.92 Å². The van der Waals surface area contributed by atoms with Crippen LogP contribution in [0.1, 0.15) is 30.1 Å². The first-order valence-electron chi connectivity index (χ1n) is 7.77. The van der Waals surface area contributed by atoms with Crippen LogP contribution in [0.5, 0.6) is 0 Å². The number of nitrogens with zero attached hydrogens (tertiary/aromatic N) is 3. The Morgan fingerprint density at radius 1 is 1.32 bits per heavy atom. The van der Waals surface area contributed by atoms with E-state index in [1.807, 2.05) is 0 Å². The normalized spacial score (nSPS) is 16.7. The number of piperidine rings is 1. The van der Waals surface area contributed by atoms with Gasteiger partial charge < -0.3 is 0 Å². The lowest BCUT2D eigenvalue weighted by atomic mass is 10.0. The number of hydrogen-bond donors (Lipinski definition) is 1. The molecule has 0 atom stereocenters. The highest BCUT2D eigenvalue weighted by molar-refractivity contribution is 7.91. The Labute approximate surface area is 148 Å². The van der Waals surface area contributed by atoms with Gasteiger partial charge in [0.1, 0.15) is 5.82 Å². The molecule has 3 rings (SSSR count). The second-order valence-electron chi connectivity index (χ2n) is 5.92. The van der Waals surface area contributed by atoms with Crippen molar-refractivity contribution in [3.8, 4) is 0 Å². The molecule has 0 aliphatic carbocycles. The standard InChI is InChI=1S/C15H17FN4O3S2/c1-10-5-7-20(8-6-10)25(22,23)15-19-18-14(24-15)17-13(21)11-3-2-4-12(16)9-11/h2-4,9-10H,5-8H2,1H3,(H,17,18,21). The number of aromatic nitrogens is 2. The van der Waals surface area contributed by atoms with Gasteiger partial charge in [-0.05, 0) is 37.0 Å². The average molecular weight is 384 g/mol. The van der Waals surface area contributed by atoms with Crippen LogP contribution in [0.25, 0.3) is 0 Å². The Balaban J connectivity index is 1.72. The van der Waals surface area contributed by atoms with Crippen molar-refractivity contribution in [3.63, 3.8) is 0 Å². The maximum atomic E-state index is 13.2. The van der Waals surface area contributed by atoms with Crippen LogP contribution in [0.2, 0.25) is 0 Å². The van der Waals surface area contributed by atoms with Crippen molar-refractivity contribution in [3.05, 3.63) is 35.6 Å². The molecule has 1 aliphatic heterocycles. The maximum absolute atomic E-state index is 13.2. The first kappa shape index (κ1) is 17.9. The highest BCUT2D eigenvalue weighted by Crippen LogP contribution is 2.27. The molecule has 1 amide bonds. The summed E-state index contributed by atoms with van der Waals surface area (Å²) in [6.45, 7) is 3.00. The molecule has 0 bridgehead atoms. The summed E-state index contributed by atoms with van der Waals surface area (Å²) in [5.74, 6) is -0.610. The van der Waals surface area contributed by atoms with Gasteiger partial charge in [0, 0.05) is 18.7 Å². The van der Waals surface area contributed by atoms with Crippen LogP contribution in [0.3, 0.4) is 0 Å². The molecule has 7 nitrogen and oxygen atoms in total. The Kier molecular flexibility index (Phi) is 5.11. The van der Waals surface area contributed by atoms with E-state index in [-0.39, 0.29) is 15.0 Å². The van der Waals surface area contributed by atoms with Gasteiger partial charge in [-0.3, -0.25) is 10.1 Å². The molecule has 2 heterocycles. The minimum atomic E-state index is -3.70. The molecule has 0 unspecified atom stereocenters. The molecule has 1 fully saturated rings. The van der Waals surface area contributed by atoms with Crippen LogP contribution < -0.4 is 5.32 Å². The Morgan fingerprint density at radius 2 is 2.04 bits per heavy atom. The molecule has 0 radical (unpaired) electrons. The molecular weight excluding hydrogens is 367 g/mol. The van der Waals surface area contributed by atoms with Gasteiger partial charge in [-0.2, -0.15) is 4.31 Å². The van der Waals surface area contributed by atoms with Crippen LogP contribution in [-0.4, -0.2) is 41.9 Å². The summed E-state index contributed by atoms with van der Waals surface area (Å²) in [7, 11) is -3.70. The maximum Gasteiger partial charge on any atom is 0.272 e. The van der Waals surface area contributed by atoms with Crippen LogP contribution in [0.15, 0.2) is 28.6 Å². The number of rotatable bonds is 4. The Hall–Kier alpha value is -1.91. The van der Waals surface area contributed by atoms with E-state index in [4.69, 9.17) is 0 Å². The van der Waals surface area contributed by atoms with Gasteiger partial charge in [-0.1, -0.05) is 24.3 Å². The number of carbonyl (C=O) groups is 1. The number of hydrogen-bond acceptors (Lipinski definition) is 6. The van der Waals surface area contributed by atoms with Crippen molar-refractivity contribution >= 4 is 32.4 Å². The summed E-state index contributed by atoms with van der Waals surface area (Å²) in [5.41, 5.74) is 0.115. The van der Waals surface area contributed by atoms with Gasteiger partial charge in [-0.25, -0.2) is 12.8 Å². The van der Waals surface area contributed by atoms with E-state index >= 15 is 0 Å². The van der Waals surface area contributed by atoms with E-state index in [0.29, 0.717) is 19.0 Å². The smallest absolute Gasteiger partial charge is 0.272 e. The molecule has 1 aromatic carbocycles. The SMILES string of the molecule is CC1CCN(S(=O)(=O)c2nnc(NC(=O)c3cccc(F)c3)s2)CC1. The third kappa shape index (κ3) is 4.02. The predicted octanol–water partition coefficient (Wildman–Crippen LogP) is 2.35. The van der Waals surface area contributed by atoms with Crippen molar-refractivity contribution in [2.45, 2.75) is 24.1 Å². The highest BCUT2D eigenvalue weighted by atomic mass is 32.2. The number of anilines is 1. The first-order chi connectivity index (χ1) is 11.9. The zero-order chi connectivity index (χ0) is 18.0.